The number of thioether (sulfide) groups is 1. The molecule has 1 atom stereocenters. The lowest BCUT2D eigenvalue weighted by Gasteiger charge is -2.12. The molecule has 0 bridgehead atoms. The van der Waals surface area contributed by atoms with Gasteiger partial charge in [-0.25, -0.2) is 13.4 Å². The summed E-state index contributed by atoms with van der Waals surface area (Å²) in [7, 11) is -2.00. The van der Waals surface area contributed by atoms with Crippen molar-refractivity contribution in [2.24, 2.45) is 7.05 Å². The van der Waals surface area contributed by atoms with E-state index in [1.807, 2.05) is 11.6 Å². The third kappa shape index (κ3) is 5.46. The highest BCUT2D eigenvalue weighted by Crippen LogP contribution is 2.23. The molecule has 0 aliphatic carbocycles. The second-order valence-corrected chi connectivity index (χ2v) is 9.32. The van der Waals surface area contributed by atoms with Crippen molar-refractivity contribution in [2.75, 3.05) is 10.0 Å². The van der Waals surface area contributed by atoms with E-state index in [-0.39, 0.29) is 27.0 Å². The van der Waals surface area contributed by atoms with Crippen molar-refractivity contribution in [1.82, 2.24) is 19.7 Å². The number of hydrogen-bond acceptors (Lipinski definition) is 7. The minimum atomic E-state index is -3.85. The molecule has 0 aliphatic heterocycles. The summed E-state index contributed by atoms with van der Waals surface area (Å²) in [5.74, 6) is -0.171. The molecule has 1 aromatic carbocycles. The summed E-state index contributed by atoms with van der Waals surface area (Å²) >= 11 is 6.96. The number of amides is 1. The van der Waals surface area contributed by atoms with Gasteiger partial charge >= 0.3 is 0 Å². The van der Waals surface area contributed by atoms with Crippen LogP contribution in [0.4, 0.5) is 11.5 Å². The minimum Gasteiger partial charge on any atom is -0.329 e. The molecule has 1 unspecified atom stereocenters. The van der Waals surface area contributed by atoms with Gasteiger partial charge in [0.15, 0.2) is 16.1 Å². The van der Waals surface area contributed by atoms with Crippen molar-refractivity contribution >= 4 is 50.8 Å². The molecule has 2 aromatic heterocycles. The molecule has 0 fully saturated rings. The molecule has 0 saturated carbocycles. The number of rotatable bonds is 7. The third-order valence-corrected chi connectivity index (χ3v) is 6.48. The Hall–Kier alpha value is -2.63. The van der Waals surface area contributed by atoms with Gasteiger partial charge < -0.3 is 9.88 Å². The molecule has 9 nitrogen and oxygen atoms in total. The summed E-state index contributed by atoms with van der Waals surface area (Å²) in [5, 5.41) is 10.5. The van der Waals surface area contributed by atoms with Crippen LogP contribution in [0.5, 0.6) is 0 Å². The Labute approximate surface area is 177 Å². The monoisotopic (exact) mass is 452 g/mol. The summed E-state index contributed by atoms with van der Waals surface area (Å²) in [5.41, 5.74) is 0.479. The maximum absolute atomic E-state index is 12.4. The van der Waals surface area contributed by atoms with E-state index in [4.69, 9.17) is 11.6 Å². The second kappa shape index (κ2) is 8.80. The van der Waals surface area contributed by atoms with Crippen LogP contribution < -0.4 is 10.0 Å². The van der Waals surface area contributed by atoms with Gasteiger partial charge in [-0.05, 0) is 43.3 Å². The lowest BCUT2D eigenvalue weighted by molar-refractivity contribution is -0.115. The average Bonchev–Trinajstić information content (AvgIpc) is 3.08. The van der Waals surface area contributed by atoms with Crippen molar-refractivity contribution in [3.8, 4) is 0 Å². The molecule has 29 heavy (non-hydrogen) atoms. The van der Waals surface area contributed by atoms with Crippen LogP contribution in [0.25, 0.3) is 0 Å². The van der Waals surface area contributed by atoms with Gasteiger partial charge in [0, 0.05) is 25.1 Å². The summed E-state index contributed by atoms with van der Waals surface area (Å²) < 4.78 is 29.0. The first-order valence-corrected chi connectivity index (χ1v) is 11.1. The molecule has 1 amide bonds. The van der Waals surface area contributed by atoms with E-state index >= 15 is 0 Å². The molecule has 3 aromatic rings. The molecule has 0 spiro atoms. The highest BCUT2D eigenvalue weighted by molar-refractivity contribution is 8.00. The first-order chi connectivity index (χ1) is 13.7. The fourth-order valence-electron chi connectivity index (χ4n) is 2.21. The van der Waals surface area contributed by atoms with Gasteiger partial charge in [0.05, 0.1) is 10.1 Å². The largest absolute Gasteiger partial charge is 0.329 e. The van der Waals surface area contributed by atoms with Crippen molar-refractivity contribution < 1.29 is 13.2 Å². The van der Waals surface area contributed by atoms with Crippen molar-refractivity contribution in [1.29, 1.82) is 0 Å². The average molecular weight is 453 g/mol. The number of halogens is 1. The van der Waals surface area contributed by atoms with E-state index in [0.717, 1.165) is 5.16 Å². The van der Waals surface area contributed by atoms with Crippen LogP contribution in [0.15, 0.2) is 58.8 Å². The number of sulfonamides is 1. The molecule has 0 saturated heterocycles. The number of nitrogens with zero attached hydrogens (tertiary/aromatic N) is 4. The van der Waals surface area contributed by atoms with Crippen LogP contribution in [-0.4, -0.2) is 39.3 Å². The highest BCUT2D eigenvalue weighted by atomic mass is 35.5. The minimum absolute atomic E-state index is 0.0164. The summed E-state index contributed by atoms with van der Waals surface area (Å²) in [6, 6.07) is 8.63. The maximum atomic E-state index is 12.4. The number of aromatic nitrogens is 4. The smallest absolute Gasteiger partial charge is 0.263 e. The number of imidazole rings is 1. The highest BCUT2D eigenvalue weighted by Gasteiger charge is 2.18. The standard InChI is InChI=1S/C17H17ClN6O3S2/c1-11(28-17-19-9-10-24(17)2)16(25)20-12-3-5-13(6-4-12)29(26,27)23-15-8-7-14(18)21-22-15/h3-11H,1-2H3,(H,20,25)(H,22,23). The van der Waals surface area contributed by atoms with Crippen LogP contribution in [-0.2, 0) is 21.9 Å². The zero-order chi connectivity index (χ0) is 21.0. The van der Waals surface area contributed by atoms with Gasteiger partial charge in [0.1, 0.15) is 0 Å². The van der Waals surface area contributed by atoms with Crippen molar-refractivity contribution in [2.45, 2.75) is 22.2 Å². The van der Waals surface area contributed by atoms with Crippen LogP contribution in [0.3, 0.4) is 0 Å². The van der Waals surface area contributed by atoms with Crippen LogP contribution in [0, 0.1) is 0 Å². The zero-order valence-corrected chi connectivity index (χ0v) is 17.8. The summed E-state index contributed by atoms with van der Waals surface area (Å²) in [6.45, 7) is 1.77. The van der Waals surface area contributed by atoms with Gasteiger partial charge in [0.25, 0.3) is 10.0 Å². The Morgan fingerprint density at radius 2 is 1.90 bits per heavy atom. The van der Waals surface area contributed by atoms with E-state index in [1.165, 1.54) is 48.2 Å². The zero-order valence-electron chi connectivity index (χ0n) is 15.4. The molecule has 152 valence electrons. The lowest BCUT2D eigenvalue weighted by atomic mass is 10.3. The van der Waals surface area contributed by atoms with Crippen LogP contribution in [0.1, 0.15) is 6.92 Å². The predicted molar refractivity (Wildman–Crippen MR) is 111 cm³/mol. The van der Waals surface area contributed by atoms with Gasteiger partial charge in [-0.3, -0.25) is 9.52 Å². The second-order valence-electron chi connectivity index (χ2n) is 5.94. The topological polar surface area (TPSA) is 119 Å². The summed E-state index contributed by atoms with van der Waals surface area (Å²) in [4.78, 5) is 16.6. The molecule has 12 heteroatoms. The fraction of sp³-hybridized carbons (Fsp3) is 0.176. The van der Waals surface area contributed by atoms with Gasteiger partial charge in [-0.1, -0.05) is 23.4 Å². The molecular formula is C17H17ClN6O3S2. The Morgan fingerprint density at radius 3 is 2.48 bits per heavy atom. The normalized spacial score (nSPS) is 12.4. The number of benzene rings is 1. The Kier molecular flexibility index (Phi) is 6.40. The van der Waals surface area contributed by atoms with Crippen LogP contribution in [0.2, 0.25) is 5.15 Å². The van der Waals surface area contributed by atoms with Crippen molar-refractivity contribution in [3.63, 3.8) is 0 Å². The van der Waals surface area contributed by atoms with E-state index in [0.29, 0.717) is 5.69 Å². The maximum Gasteiger partial charge on any atom is 0.263 e. The van der Waals surface area contributed by atoms with E-state index in [9.17, 15) is 13.2 Å². The van der Waals surface area contributed by atoms with E-state index < -0.39 is 10.0 Å². The predicted octanol–water partition coefficient (Wildman–Crippen LogP) is 2.78. The first-order valence-electron chi connectivity index (χ1n) is 8.31. The SMILES string of the molecule is CC(Sc1nccn1C)C(=O)Nc1ccc(S(=O)(=O)Nc2ccc(Cl)nn2)cc1. The number of aryl methyl sites for hydroxylation is 1. The number of carbonyl (C=O) groups is 1. The fourth-order valence-corrected chi connectivity index (χ4v) is 4.13. The van der Waals surface area contributed by atoms with E-state index in [2.05, 4.69) is 25.2 Å². The number of nitrogens with one attached hydrogen (secondary N) is 2. The first kappa shape index (κ1) is 21.1. The molecule has 2 N–H and O–H groups in total. The Bertz CT molecular complexity index is 1100. The van der Waals surface area contributed by atoms with Crippen molar-refractivity contribution in [3.05, 3.63) is 53.9 Å². The molecule has 3 rings (SSSR count). The van der Waals surface area contributed by atoms with E-state index in [1.54, 1.807) is 19.3 Å². The third-order valence-electron chi connectivity index (χ3n) is 3.73. The molecule has 0 radical (unpaired) electrons. The molecular weight excluding hydrogens is 436 g/mol. The lowest BCUT2D eigenvalue weighted by Crippen LogP contribution is -2.23. The van der Waals surface area contributed by atoms with Gasteiger partial charge in [0.2, 0.25) is 5.91 Å². The Morgan fingerprint density at radius 1 is 1.17 bits per heavy atom. The number of carbonyl (C=O) groups excluding carboxylic acids is 1. The van der Waals surface area contributed by atoms with Gasteiger partial charge in [-0.2, -0.15) is 0 Å². The van der Waals surface area contributed by atoms with Gasteiger partial charge in [-0.15, -0.1) is 10.2 Å². The number of hydrogen-bond donors (Lipinski definition) is 2. The molecule has 0 aliphatic rings. The quantitative estimate of drug-likeness (QED) is 0.529. The summed E-state index contributed by atoms with van der Waals surface area (Å²) in [6.07, 6.45) is 3.46. The van der Waals surface area contributed by atoms with Crippen LogP contribution >= 0.6 is 23.4 Å². The molecule has 2 heterocycles. The Balaban J connectivity index is 1.63. The number of anilines is 2.